The van der Waals surface area contributed by atoms with Gasteiger partial charge in [-0.25, -0.2) is 4.39 Å². The van der Waals surface area contributed by atoms with Gasteiger partial charge in [-0.1, -0.05) is 6.07 Å². The highest BCUT2D eigenvalue weighted by atomic mass is 32.1. The Labute approximate surface area is 128 Å². The van der Waals surface area contributed by atoms with Crippen molar-refractivity contribution in [1.29, 1.82) is 0 Å². The van der Waals surface area contributed by atoms with E-state index in [2.05, 4.69) is 0 Å². The number of aryl methyl sites for hydroxylation is 2. The van der Waals surface area contributed by atoms with Gasteiger partial charge in [0, 0.05) is 11.4 Å². The van der Waals surface area contributed by atoms with Gasteiger partial charge in [0.25, 0.3) is 5.91 Å². The third-order valence-electron chi connectivity index (χ3n) is 4.29. The van der Waals surface area contributed by atoms with Gasteiger partial charge < -0.3 is 4.90 Å². The van der Waals surface area contributed by atoms with E-state index in [1.807, 2.05) is 37.8 Å². The van der Waals surface area contributed by atoms with Crippen molar-refractivity contribution in [3.8, 4) is 0 Å². The molecular formula is C17H18FNOS. The molecule has 1 aliphatic heterocycles. The Bertz CT molecular complexity index is 687. The van der Waals surface area contributed by atoms with Gasteiger partial charge in [0.1, 0.15) is 5.82 Å². The fourth-order valence-electron chi connectivity index (χ4n) is 2.88. The van der Waals surface area contributed by atoms with Crippen LogP contribution in [0.5, 0.6) is 0 Å². The summed E-state index contributed by atoms with van der Waals surface area (Å²) in [5, 5.41) is 0. The predicted molar refractivity (Wildman–Crippen MR) is 83.3 cm³/mol. The second-order valence-electron chi connectivity index (χ2n) is 5.62. The molecular weight excluding hydrogens is 285 g/mol. The molecule has 1 aromatic heterocycles. The molecule has 0 fully saturated rings. The lowest BCUT2D eigenvalue weighted by atomic mass is 9.93. The highest BCUT2D eigenvalue weighted by molar-refractivity contribution is 7.14. The number of hydrogen-bond acceptors (Lipinski definition) is 2. The smallest absolute Gasteiger partial charge is 0.264 e. The molecule has 1 unspecified atom stereocenters. The van der Waals surface area contributed by atoms with E-state index in [0.29, 0.717) is 6.54 Å². The van der Waals surface area contributed by atoms with Crippen LogP contribution in [0.1, 0.15) is 44.2 Å². The summed E-state index contributed by atoms with van der Waals surface area (Å²) in [6, 6.07) is 6.76. The van der Waals surface area contributed by atoms with E-state index >= 15 is 0 Å². The Morgan fingerprint density at radius 2 is 2.10 bits per heavy atom. The molecule has 1 atom stereocenters. The fraction of sp³-hybridized carbons (Fsp3) is 0.353. The van der Waals surface area contributed by atoms with Crippen molar-refractivity contribution in [3.05, 3.63) is 56.5 Å². The number of benzene rings is 1. The Balaban J connectivity index is 1.92. The molecule has 1 amide bonds. The number of carbonyl (C=O) groups excluding carboxylic acids is 1. The molecule has 1 aromatic carbocycles. The number of rotatable bonds is 1. The van der Waals surface area contributed by atoms with Crippen molar-refractivity contribution in [2.75, 3.05) is 6.54 Å². The molecule has 1 aliphatic rings. The Morgan fingerprint density at radius 1 is 1.33 bits per heavy atom. The van der Waals surface area contributed by atoms with E-state index in [0.717, 1.165) is 28.0 Å². The Morgan fingerprint density at radius 3 is 2.76 bits per heavy atom. The number of fused-ring (bicyclic) bond motifs is 1. The molecule has 3 rings (SSSR count). The van der Waals surface area contributed by atoms with E-state index in [4.69, 9.17) is 0 Å². The van der Waals surface area contributed by atoms with E-state index in [-0.39, 0.29) is 17.8 Å². The number of halogens is 1. The summed E-state index contributed by atoms with van der Waals surface area (Å²) >= 11 is 1.54. The summed E-state index contributed by atoms with van der Waals surface area (Å²) < 4.78 is 13.5. The quantitative estimate of drug-likeness (QED) is 0.770. The van der Waals surface area contributed by atoms with Gasteiger partial charge in [-0.3, -0.25) is 4.79 Å². The van der Waals surface area contributed by atoms with Gasteiger partial charge in [-0.15, -0.1) is 11.3 Å². The number of thiophene rings is 1. The van der Waals surface area contributed by atoms with E-state index < -0.39 is 0 Å². The van der Waals surface area contributed by atoms with Gasteiger partial charge in [0.2, 0.25) is 0 Å². The van der Waals surface area contributed by atoms with Gasteiger partial charge in [-0.05, 0) is 62.1 Å². The molecule has 21 heavy (non-hydrogen) atoms. The monoisotopic (exact) mass is 303 g/mol. The zero-order valence-electron chi connectivity index (χ0n) is 12.4. The summed E-state index contributed by atoms with van der Waals surface area (Å²) in [5.41, 5.74) is 3.23. The van der Waals surface area contributed by atoms with Crippen LogP contribution in [0.4, 0.5) is 4.39 Å². The third kappa shape index (κ3) is 2.48. The minimum absolute atomic E-state index is 0.0543. The molecule has 2 aromatic rings. The molecule has 0 bridgehead atoms. The molecule has 0 saturated carbocycles. The van der Waals surface area contributed by atoms with Crippen LogP contribution >= 0.6 is 11.3 Å². The third-order valence-corrected chi connectivity index (χ3v) is 5.43. The van der Waals surface area contributed by atoms with Crippen molar-refractivity contribution in [1.82, 2.24) is 4.90 Å². The van der Waals surface area contributed by atoms with Gasteiger partial charge in [0.05, 0.1) is 10.9 Å². The van der Waals surface area contributed by atoms with Crippen molar-refractivity contribution in [3.63, 3.8) is 0 Å². The van der Waals surface area contributed by atoms with Crippen molar-refractivity contribution in [2.45, 2.75) is 33.2 Å². The highest BCUT2D eigenvalue weighted by Gasteiger charge is 2.29. The highest BCUT2D eigenvalue weighted by Crippen LogP contribution is 2.32. The predicted octanol–water partition coefficient (Wildman–Crippen LogP) is 4.26. The summed E-state index contributed by atoms with van der Waals surface area (Å²) in [4.78, 5) is 16.5. The molecule has 0 saturated heterocycles. The number of nitrogens with zero attached hydrogens (tertiary/aromatic N) is 1. The molecule has 0 radical (unpaired) electrons. The lowest BCUT2D eigenvalue weighted by Gasteiger charge is -2.35. The second-order valence-corrected chi connectivity index (χ2v) is 6.87. The zero-order valence-corrected chi connectivity index (χ0v) is 13.3. The average Bonchev–Trinajstić information content (AvgIpc) is 2.79. The first-order valence-corrected chi connectivity index (χ1v) is 7.95. The average molecular weight is 303 g/mol. The molecule has 2 nitrogen and oxygen atoms in total. The normalized spacial score (nSPS) is 17.7. The fourth-order valence-corrected chi connectivity index (χ4v) is 3.87. The molecule has 0 aliphatic carbocycles. The largest absolute Gasteiger partial charge is 0.331 e. The maximum atomic E-state index is 13.5. The maximum absolute atomic E-state index is 13.5. The van der Waals surface area contributed by atoms with E-state index in [1.165, 1.54) is 22.3 Å². The van der Waals surface area contributed by atoms with Crippen LogP contribution in [-0.2, 0) is 6.42 Å². The Kier molecular flexibility index (Phi) is 3.57. The van der Waals surface area contributed by atoms with Crippen LogP contribution in [-0.4, -0.2) is 17.4 Å². The minimum Gasteiger partial charge on any atom is -0.331 e. The molecule has 110 valence electrons. The van der Waals surface area contributed by atoms with Crippen molar-refractivity contribution in [2.24, 2.45) is 0 Å². The van der Waals surface area contributed by atoms with Crippen LogP contribution in [0.15, 0.2) is 24.3 Å². The lowest BCUT2D eigenvalue weighted by molar-refractivity contribution is 0.0682. The second kappa shape index (κ2) is 5.26. The molecule has 0 N–H and O–H groups in total. The topological polar surface area (TPSA) is 20.3 Å². The summed E-state index contributed by atoms with van der Waals surface area (Å²) in [6.45, 7) is 6.71. The van der Waals surface area contributed by atoms with Gasteiger partial charge >= 0.3 is 0 Å². The van der Waals surface area contributed by atoms with Gasteiger partial charge in [0.15, 0.2) is 0 Å². The van der Waals surface area contributed by atoms with Crippen molar-refractivity contribution >= 4 is 17.2 Å². The number of hydrogen-bond donors (Lipinski definition) is 0. The first kappa shape index (κ1) is 14.3. The maximum Gasteiger partial charge on any atom is 0.264 e. The number of carbonyl (C=O) groups is 1. The molecule has 4 heteroatoms. The lowest BCUT2D eigenvalue weighted by Crippen LogP contribution is -2.38. The van der Waals surface area contributed by atoms with Crippen LogP contribution in [0.2, 0.25) is 0 Å². The summed E-state index contributed by atoms with van der Waals surface area (Å²) in [6.07, 6.45) is 0.787. The SMILES string of the molecule is Cc1cc(C(=O)N2CCc3ccc(F)cc3C2C)sc1C. The van der Waals surface area contributed by atoms with Crippen LogP contribution in [0.25, 0.3) is 0 Å². The number of amides is 1. The van der Waals surface area contributed by atoms with Gasteiger partial charge in [-0.2, -0.15) is 0 Å². The summed E-state index contributed by atoms with van der Waals surface area (Å²) in [7, 11) is 0. The standard InChI is InChI=1S/C17H18FNOS/c1-10-8-16(21-12(10)3)17(20)19-7-6-13-4-5-14(18)9-15(13)11(19)2/h4-5,8-9,11H,6-7H2,1-3H3. The Hall–Kier alpha value is -1.68. The van der Waals surface area contributed by atoms with Crippen molar-refractivity contribution < 1.29 is 9.18 Å². The first-order valence-electron chi connectivity index (χ1n) is 7.13. The first-order chi connectivity index (χ1) is 9.97. The zero-order chi connectivity index (χ0) is 15.1. The molecule has 0 spiro atoms. The van der Waals surface area contributed by atoms with Crippen LogP contribution in [0.3, 0.4) is 0 Å². The van der Waals surface area contributed by atoms with Crippen LogP contribution < -0.4 is 0 Å². The van der Waals surface area contributed by atoms with E-state index in [1.54, 1.807) is 6.07 Å². The van der Waals surface area contributed by atoms with Crippen LogP contribution in [0, 0.1) is 19.7 Å². The van der Waals surface area contributed by atoms with E-state index in [9.17, 15) is 9.18 Å². The minimum atomic E-state index is -0.238. The molecule has 2 heterocycles. The summed E-state index contributed by atoms with van der Waals surface area (Å²) in [5.74, 6) is -0.184.